The van der Waals surface area contributed by atoms with Gasteiger partial charge in [0.25, 0.3) is 6.43 Å². The molecular weight excluding hydrogens is 373 g/mol. The number of hydrogen-bond acceptors (Lipinski definition) is 2. The van der Waals surface area contributed by atoms with E-state index >= 15 is 0 Å². The molecule has 0 amide bonds. The van der Waals surface area contributed by atoms with Gasteiger partial charge in [-0.2, -0.15) is 0 Å². The number of nitrogens with two attached hydrogens (primary N) is 1. The fourth-order valence-electron chi connectivity index (χ4n) is 2.89. The van der Waals surface area contributed by atoms with Crippen molar-refractivity contribution in [1.82, 2.24) is 4.90 Å². The molecule has 1 aliphatic rings. The number of hydrogen-bond donors (Lipinski definition) is 1. The maximum atomic E-state index is 14.6. The minimum absolute atomic E-state index is 0.101. The van der Waals surface area contributed by atoms with Crippen LogP contribution >= 0.6 is 11.6 Å². The van der Waals surface area contributed by atoms with E-state index in [0.717, 1.165) is 5.57 Å². The van der Waals surface area contributed by atoms with Crippen LogP contribution in [0.3, 0.4) is 0 Å². The van der Waals surface area contributed by atoms with Crippen LogP contribution in [0.4, 0.5) is 13.2 Å². The summed E-state index contributed by atoms with van der Waals surface area (Å²) in [7, 11) is 1.53. The maximum Gasteiger partial charge on any atom is 0.255 e. The van der Waals surface area contributed by atoms with Crippen molar-refractivity contribution < 1.29 is 13.2 Å². The molecule has 0 saturated carbocycles. The molecule has 2 N–H and O–H groups in total. The van der Waals surface area contributed by atoms with Crippen molar-refractivity contribution in [3.8, 4) is 0 Å². The third-order valence-corrected chi connectivity index (χ3v) is 4.64. The lowest BCUT2D eigenvalue weighted by Gasteiger charge is -2.27. The molecule has 2 rings (SSSR count). The predicted molar refractivity (Wildman–Crippen MR) is 106 cm³/mol. The number of halogens is 4. The predicted octanol–water partition coefficient (Wildman–Crippen LogP) is 5.48. The van der Waals surface area contributed by atoms with E-state index in [1.165, 1.54) is 18.0 Å². The first-order valence-corrected chi connectivity index (χ1v) is 9.20. The smallest absolute Gasteiger partial charge is 0.255 e. The molecule has 6 heteroatoms. The van der Waals surface area contributed by atoms with Gasteiger partial charge in [-0.25, -0.2) is 13.2 Å². The van der Waals surface area contributed by atoms with Crippen LogP contribution < -0.4 is 5.73 Å². The van der Waals surface area contributed by atoms with E-state index < -0.39 is 18.8 Å². The van der Waals surface area contributed by atoms with Gasteiger partial charge in [0.15, 0.2) is 0 Å². The molecule has 0 spiro atoms. The molecule has 1 unspecified atom stereocenters. The van der Waals surface area contributed by atoms with Crippen LogP contribution in [0.25, 0.3) is 5.70 Å². The largest absolute Gasteiger partial charge is 0.368 e. The van der Waals surface area contributed by atoms with E-state index in [1.807, 2.05) is 25.2 Å². The van der Waals surface area contributed by atoms with Crippen molar-refractivity contribution in [2.24, 2.45) is 5.73 Å². The lowest BCUT2D eigenvalue weighted by atomic mass is 9.92. The third-order valence-electron chi connectivity index (χ3n) is 4.26. The topological polar surface area (TPSA) is 29.3 Å². The van der Waals surface area contributed by atoms with E-state index in [-0.39, 0.29) is 11.6 Å². The third kappa shape index (κ3) is 5.75. The van der Waals surface area contributed by atoms with Gasteiger partial charge in [0.2, 0.25) is 0 Å². The summed E-state index contributed by atoms with van der Waals surface area (Å²) < 4.78 is 40.8. The van der Waals surface area contributed by atoms with E-state index in [4.69, 9.17) is 17.3 Å². The van der Waals surface area contributed by atoms with Crippen LogP contribution in [0.1, 0.15) is 25.3 Å². The maximum absolute atomic E-state index is 14.6. The first-order chi connectivity index (χ1) is 12.8. The zero-order chi connectivity index (χ0) is 20.0. The van der Waals surface area contributed by atoms with Gasteiger partial charge < -0.3 is 10.6 Å². The molecule has 2 nitrogen and oxygen atoms in total. The van der Waals surface area contributed by atoms with Crippen molar-refractivity contribution >= 4 is 17.3 Å². The average Bonchev–Trinajstić information content (AvgIpc) is 2.62. The molecular formula is C21H24ClF3N2. The number of benzene rings is 1. The molecule has 1 aliphatic carbocycles. The molecule has 1 aromatic carbocycles. The Bertz CT molecular complexity index is 781. The SMILES string of the molecule is CC/C(Cl)=C\C(C1=CCC(N)C=C1)=C(\c1ccccc1F)N(C)CC(F)F. The normalized spacial score (nSPS) is 18.4. The standard InChI is InChI=1S/C21H24ClF3N2/c1-3-15(22)12-18(14-8-10-16(26)11-9-14)21(27(2)13-20(24)25)17-6-4-5-7-19(17)23/h4-10,12,16,20H,3,11,13,26H2,1-2H3/b15-12+,21-18+. The summed E-state index contributed by atoms with van der Waals surface area (Å²) in [5, 5.41) is 0.549. The molecule has 0 aliphatic heterocycles. The second kappa shape index (κ2) is 9.81. The van der Waals surface area contributed by atoms with Crippen molar-refractivity contribution in [2.75, 3.05) is 13.6 Å². The molecule has 0 radical (unpaired) electrons. The Kier molecular flexibility index (Phi) is 7.75. The average molecular weight is 397 g/mol. The summed E-state index contributed by atoms with van der Waals surface area (Å²) in [5.41, 5.74) is 7.89. The Labute approximate surface area is 163 Å². The van der Waals surface area contributed by atoms with Crippen LogP contribution in [0.15, 0.2) is 64.7 Å². The number of allylic oxidation sites excluding steroid dienone is 5. The molecule has 1 aromatic rings. The molecule has 0 bridgehead atoms. The number of nitrogens with zero attached hydrogens (tertiary/aromatic N) is 1. The van der Waals surface area contributed by atoms with Gasteiger partial charge in [0.05, 0.1) is 12.2 Å². The summed E-state index contributed by atoms with van der Waals surface area (Å²) in [6, 6.07) is 6.04. The summed E-state index contributed by atoms with van der Waals surface area (Å²) in [6.45, 7) is 1.37. The van der Waals surface area contributed by atoms with Crippen LogP contribution in [0.2, 0.25) is 0 Å². The van der Waals surface area contributed by atoms with Gasteiger partial charge in [-0.3, -0.25) is 0 Å². The summed E-state index contributed by atoms with van der Waals surface area (Å²) in [4.78, 5) is 1.37. The van der Waals surface area contributed by atoms with Gasteiger partial charge in [0.1, 0.15) is 5.82 Å². The quantitative estimate of drug-likeness (QED) is 0.618. The first kappa shape index (κ1) is 21.3. The van der Waals surface area contributed by atoms with Gasteiger partial charge in [-0.1, -0.05) is 48.9 Å². The van der Waals surface area contributed by atoms with Gasteiger partial charge in [-0.05, 0) is 36.6 Å². The fourth-order valence-corrected chi connectivity index (χ4v) is 3.00. The van der Waals surface area contributed by atoms with Crippen molar-refractivity contribution in [3.63, 3.8) is 0 Å². The Morgan fingerprint density at radius 1 is 1.37 bits per heavy atom. The van der Waals surface area contributed by atoms with Gasteiger partial charge in [-0.15, -0.1) is 0 Å². The van der Waals surface area contributed by atoms with Crippen LogP contribution in [-0.4, -0.2) is 31.0 Å². The monoisotopic (exact) mass is 396 g/mol. The zero-order valence-corrected chi connectivity index (χ0v) is 16.2. The minimum atomic E-state index is -2.56. The highest BCUT2D eigenvalue weighted by Crippen LogP contribution is 2.33. The number of alkyl halides is 2. The Morgan fingerprint density at radius 2 is 2.07 bits per heavy atom. The summed E-state index contributed by atoms with van der Waals surface area (Å²) >= 11 is 6.28. The van der Waals surface area contributed by atoms with E-state index in [0.29, 0.717) is 29.1 Å². The first-order valence-electron chi connectivity index (χ1n) is 8.82. The summed E-state index contributed by atoms with van der Waals surface area (Å²) in [5.74, 6) is -0.482. The molecule has 1 atom stereocenters. The van der Waals surface area contributed by atoms with Crippen LogP contribution in [0.5, 0.6) is 0 Å². The highest BCUT2D eigenvalue weighted by atomic mass is 35.5. The van der Waals surface area contributed by atoms with Crippen molar-refractivity contribution in [3.05, 3.63) is 76.1 Å². The summed E-state index contributed by atoms with van der Waals surface area (Å²) in [6.07, 6.45) is 5.94. The molecule has 27 heavy (non-hydrogen) atoms. The van der Waals surface area contributed by atoms with Crippen LogP contribution in [-0.2, 0) is 0 Å². The lowest BCUT2D eigenvalue weighted by Crippen LogP contribution is -2.25. The van der Waals surface area contributed by atoms with Gasteiger partial charge in [0, 0.05) is 29.3 Å². The highest BCUT2D eigenvalue weighted by Gasteiger charge is 2.21. The fraction of sp³-hybridized carbons (Fsp3) is 0.333. The lowest BCUT2D eigenvalue weighted by molar-refractivity contribution is 0.120. The highest BCUT2D eigenvalue weighted by molar-refractivity contribution is 6.29. The molecule has 0 aromatic heterocycles. The Balaban J connectivity index is 2.74. The van der Waals surface area contributed by atoms with E-state index in [2.05, 4.69) is 0 Å². The second-order valence-corrected chi connectivity index (χ2v) is 6.86. The molecule has 0 heterocycles. The Morgan fingerprint density at radius 3 is 2.63 bits per heavy atom. The Hall–Kier alpha value is -1.98. The van der Waals surface area contributed by atoms with Crippen molar-refractivity contribution in [1.29, 1.82) is 0 Å². The molecule has 0 saturated heterocycles. The van der Waals surface area contributed by atoms with Crippen LogP contribution in [0, 0.1) is 5.82 Å². The number of rotatable bonds is 7. The zero-order valence-electron chi connectivity index (χ0n) is 15.4. The van der Waals surface area contributed by atoms with Crippen molar-refractivity contribution in [2.45, 2.75) is 32.2 Å². The van der Waals surface area contributed by atoms with E-state index in [9.17, 15) is 13.2 Å². The second-order valence-electron chi connectivity index (χ2n) is 6.38. The van der Waals surface area contributed by atoms with Gasteiger partial charge >= 0.3 is 0 Å². The molecule has 146 valence electrons. The minimum Gasteiger partial charge on any atom is -0.368 e. The van der Waals surface area contributed by atoms with E-state index in [1.54, 1.807) is 24.3 Å². The molecule has 0 fully saturated rings.